The van der Waals surface area contributed by atoms with Crippen molar-refractivity contribution in [3.05, 3.63) is 35.9 Å². The molecule has 2 saturated heterocycles. The second-order valence-electron chi connectivity index (χ2n) is 9.73. The van der Waals surface area contributed by atoms with Crippen LogP contribution in [0.15, 0.2) is 30.3 Å². The highest BCUT2D eigenvalue weighted by atomic mass is 32.2. The number of cyclic esters (lactones) is 1. The van der Waals surface area contributed by atoms with Crippen LogP contribution in [-0.2, 0) is 25.9 Å². The molecule has 5 atom stereocenters. The van der Waals surface area contributed by atoms with Crippen molar-refractivity contribution in [2.24, 2.45) is 0 Å². The molecule has 0 unspecified atom stereocenters. The maximum absolute atomic E-state index is 13.3. The minimum atomic E-state index is -3.88. The third-order valence-electron chi connectivity index (χ3n) is 7.02. The van der Waals surface area contributed by atoms with Gasteiger partial charge in [-0.25, -0.2) is 13.2 Å². The summed E-state index contributed by atoms with van der Waals surface area (Å²) in [6.45, 7) is 2.17. The number of nitrogens with zero attached hydrogens (tertiary/aromatic N) is 1. The van der Waals surface area contributed by atoms with E-state index in [1.165, 1.54) is 32.1 Å². The molecule has 1 aromatic rings. The fourth-order valence-corrected chi connectivity index (χ4v) is 7.03. The number of ether oxygens (including phenoxy) is 2. The zero-order valence-corrected chi connectivity index (χ0v) is 21.6. The van der Waals surface area contributed by atoms with Gasteiger partial charge in [0, 0.05) is 0 Å². The van der Waals surface area contributed by atoms with Crippen molar-refractivity contribution >= 4 is 15.9 Å². The number of rotatable bonds is 15. The molecule has 0 aromatic heterocycles. The lowest BCUT2D eigenvalue weighted by molar-refractivity contribution is -0.158. The summed E-state index contributed by atoms with van der Waals surface area (Å²) in [5.41, 5.74) is 0.831. The van der Waals surface area contributed by atoms with Crippen LogP contribution in [0.5, 0.6) is 0 Å². The largest absolute Gasteiger partial charge is 0.447 e. The smallest absolute Gasteiger partial charge is 0.411 e. The van der Waals surface area contributed by atoms with E-state index in [9.17, 15) is 23.4 Å². The molecule has 9 heteroatoms. The number of sulfone groups is 1. The summed E-state index contributed by atoms with van der Waals surface area (Å²) in [7, 11) is -3.88. The lowest BCUT2D eigenvalue weighted by atomic mass is 9.94. The molecule has 198 valence electrons. The van der Waals surface area contributed by atoms with Crippen molar-refractivity contribution in [1.82, 2.24) is 4.90 Å². The minimum absolute atomic E-state index is 0.104. The topological polar surface area (TPSA) is 113 Å². The Bertz CT molecular complexity index is 879. The number of amides is 1. The highest BCUT2D eigenvalue weighted by Gasteiger charge is 2.58. The molecule has 0 bridgehead atoms. The Morgan fingerprint density at radius 1 is 0.943 bits per heavy atom. The second-order valence-corrected chi connectivity index (χ2v) is 12.0. The molecule has 2 N–H and O–H groups in total. The number of aliphatic hydroxyl groups excluding tert-OH is 2. The van der Waals surface area contributed by atoms with Gasteiger partial charge in [0.1, 0.15) is 24.9 Å². The summed E-state index contributed by atoms with van der Waals surface area (Å²) >= 11 is 0. The highest BCUT2D eigenvalue weighted by molar-refractivity contribution is 7.92. The van der Waals surface area contributed by atoms with Crippen LogP contribution in [0.3, 0.4) is 0 Å². The van der Waals surface area contributed by atoms with Gasteiger partial charge < -0.3 is 19.7 Å². The Labute approximate surface area is 209 Å². The normalized spacial score (nSPS) is 26.5. The first-order valence-electron chi connectivity index (χ1n) is 13.0. The van der Waals surface area contributed by atoms with Crippen LogP contribution in [0.1, 0.15) is 76.7 Å². The van der Waals surface area contributed by atoms with Gasteiger partial charge in [-0.2, -0.15) is 0 Å². The first-order chi connectivity index (χ1) is 16.9. The number of aliphatic hydroxyl groups is 2. The van der Waals surface area contributed by atoms with Crippen molar-refractivity contribution in [3.63, 3.8) is 0 Å². The number of benzene rings is 1. The summed E-state index contributed by atoms with van der Waals surface area (Å²) in [6.07, 6.45) is 5.91. The van der Waals surface area contributed by atoms with Crippen molar-refractivity contribution in [3.8, 4) is 0 Å². The molecule has 2 aliphatic heterocycles. The van der Waals surface area contributed by atoms with E-state index in [-0.39, 0.29) is 19.0 Å². The Morgan fingerprint density at radius 3 is 2.17 bits per heavy atom. The van der Waals surface area contributed by atoms with Gasteiger partial charge in [-0.15, -0.1) is 0 Å². The third kappa shape index (κ3) is 7.41. The Balaban J connectivity index is 1.56. The molecule has 0 spiro atoms. The van der Waals surface area contributed by atoms with Crippen LogP contribution in [-0.4, -0.2) is 71.7 Å². The van der Waals surface area contributed by atoms with E-state index >= 15 is 0 Å². The van der Waals surface area contributed by atoms with Gasteiger partial charge in [0.25, 0.3) is 0 Å². The van der Waals surface area contributed by atoms with Gasteiger partial charge >= 0.3 is 6.09 Å². The molecule has 2 aliphatic rings. The lowest BCUT2D eigenvalue weighted by Gasteiger charge is -2.45. The van der Waals surface area contributed by atoms with Crippen LogP contribution in [0.25, 0.3) is 0 Å². The summed E-state index contributed by atoms with van der Waals surface area (Å²) in [5.74, 6) is -0.136. The number of fused-ring (bicyclic) bond motifs is 1. The second kappa shape index (κ2) is 13.6. The average Bonchev–Trinajstić information content (AvgIpc) is 3.22. The number of carbonyl (C=O) groups excluding carboxylic acids is 1. The quantitative estimate of drug-likeness (QED) is 0.345. The van der Waals surface area contributed by atoms with E-state index < -0.39 is 45.7 Å². The van der Waals surface area contributed by atoms with E-state index in [4.69, 9.17) is 9.47 Å². The first-order valence-corrected chi connectivity index (χ1v) is 14.8. The van der Waals surface area contributed by atoms with Crippen LogP contribution in [0, 0.1) is 0 Å². The molecule has 0 saturated carbocycles. The van der Waals surface area contributed by atoms with E-state index in [1.807, 2.05) is 30.3 Å². The van der Waals surface area contributed by atoms with E-state index in [0.29, 0.717) is 6.42 Å². The van der Waals surface area contributed by atoms with E-state index in [1.54, 1.807) is 0 Å². The SMILES string of the molecule is CCCCCCCCCCCCS(=O)(=O)[C@@H]1[C@H](O)[C@@H](OCc2ccccc2)[C@H](O)[C@H]2COC(=O)N21. The van der Waals surface area contributed by atoms with Crippen molar-refractivity contribution in [2.75, 3.05) is 12.4 Å². The average molecular weight is 512 g/mol. The first kappa shape index (κ1) is 27.9. The zero-order chi connectivity index (χ0) is 25.3. The molecule has 0 aliphatic carbocycles. The fraction of sp³-hybridized carbons (Fsp3) is 0.731. The Morgan fingerprint density at radius 2 is 1.54 bits per heavy atom. The molecular formula is C26H41NO7S. The van der Waals surface area contributed by atoms with E-state index in [2.05, 4.69) is 6.92 Å². The molecule has 3 rings (SSSR count). The van der Waals surface area contributed by atoms with Crippen molar-refractivity contribution < 1.29 is 32.9 Å². The van der Waals surface area contributed by atoms with Gasteiger partial charge in [-0.3, -0.25) is 4.90 Å². The summed E-state index contributed by atoms with van der Waals surface area (Å²) in [6, 6.07) is 8.36. The molecule has 2 heterocycles. The number of hydrogen-bond acceptors (Lipinski definition) is 7. The highest BCUT2D eigenvalue weighted by Crippen LogP contribution is 2.34. The minimum Gasteiger partial charge on any atom is -0.447 e. The molecule has 0 radical (unpaired) electrons. The molecule has 35 heavy (non-hydrogen) atoms. The molecular weight excluding hydrogens is 470 g/mol. The Hall–Kier alpha value is -1.68. The van der Waals surface area contributed by atoms with Crippen LogP contribution >= 0.6 is 0 Å². The van der Waals surface area contributed by atoms with Gasteiger partial charge in [-0.05, 0) is 12.0 Å². The van der Waals surface area contributed by atoms with Crippen LogP contribution in [0.4, 0.5) is 4.79 Å². The third-order valence-corrected chi connectivity index (χ3v) is 9.11. The van der Waals surface area contributed by atoms with Gasteiger partial charge in [-0.1, -0.05) is 95.0 Å². The van der Waals surface area contributed by atoms with Gasteiger partial charge in [0.15, 0.2) is 15.2 Å². The van der Waals surface area contributed by atoms with Gasteiger partial charge in [0.2, 0.25) is 0 Å². The fourth-order valence-electron chi connectivity index (χ4n) is 5.01. The predicted molar refractivity (Wildman–Crippen MR) is 133 cm³/mol. The van der Waals surface area contributed by atoms with Crippen LogP contribution in [0.2, 0.25) is 0 Å². The monoisotopic (exact) mass is 511 g/mol. The van der Waals surface area contributed by atoms with E-state index in [0.717, 1.165) is 36.1 Å². The van der Waals surface area contributed by atoms with Crippen molar-refractivity contribution in [2.45, 2.75) is 107 Å². The molecule has 1 amide bonds. The number of piperidine rings is 1. The summed E-state index contributed by atoms with van der Waals surface area (Å²) in [5, 5.41) is 20.3. The number of unbranched alkanes of at least 4 members (excludes halogenated alkanes) is 9. The van der Waals surface area contributed by atoms with Crippen LogP contribution < -0.4 is 0 Å². The number of hydrogen-bond donors (Lipinski definition) is 2. The molecule has 8 nitrogen and oxygen atoms in total. The Kier molecular flexibility index (Phi) is 10.8. The van der Waals surface area contributed by atoms with Gasteiger partial charge in [0.05, 0.1) is 18.4 Å². The lowest BCUT2D eigenvalue weighted by Crippen LogP contribution is -2.68. The zero-order valence-electron chi connectivity index (χ0n) is 20.8. The molecule has 1 aromatic carbocycles. The molecule has 2 fully saturated rings. The summed E-state index contributed by atoms with van der Waals surface area (Å²) in [4.78, 5) is 13.4. The maximum atomic E-state index is 13.3. The number of carbonyl (C=O) groups is 1. The van der Waals surface area contributed by atoms with Crippen molar-refractivity contribution in [1.29, 1.82) is 0 Å². The maximum Gasteiger partial charge on any atom is 0.411 e. The standard InChI is InChI=1S/C26H41NO7S/c1-2-3-4-5-6-7-8-9-10-14-17-35(31,32)25-23(29)24(33-18-20-15-12-11-13-16-20)22(28)21-19-34-26(30)27(21)25/h11-13,15-16,21-25,28-29H,2-10,14,17-19H2,1H3/t21-,22-,23-,24+,25-/m1/s1. The predicted octanol–water partition coefficient (Wildman–Crippen LogP) is 3.79. The summed E-state index contributed by atoms with van der Waals surface area (Å²) < 4.78 is 37.5.